The second-order valence-corrected chi connectivity index (χ2v) is 4.88. The maximum atomic E-state index is 13.0. The Morgan fingerprint density at radius 2 is 2.06 bits per heavy atom. The lowest BCUT2D eigenvalue weighted by atomic mass is 9.79. The molecule has 1 aliphatic carbocycles. The topological polar surface area (TPSA) is 43.1 Å². The van der Waals surface area contributed by atoms with E-state index in [-0.39, 0.29) is 23.6 Å². The molecule has 92 valence electrons. The summed E-state index contributed by atoms with van der Waals surface area (Å²) in [7, 11) is 0. The molecule has 1 fully saturated rings. The van der Waals surface area contributed by atoms with E-state index in [4.69, 9.17) is 5.73 Å². The van der Waals surface area contributed by atoms with Crippen molar-refractivity contribution in [3.8, 4) is 0 Å². The third-order valence-corrected chi connectivity index (χ3v) is 3.61. The van der Waals surface area contributed by atoms with Crippen LogP contribution in [-0.4, -0.2) is 11.8 Å². The molecule has 0 amide bonds. The van der Waals surface area contributed by atoms with Crippen LogP contribution in [0.3, 0.4) is 0 Å². The van der Waals surface area contributed by atoms with Crippen molar-refractivity contribution in [1.29, 1.82) is 0 Å². The second kappa shape index (κ2) is 4.96. The summed E-state index contributed by atoms with van der Waals surface area (Å²) >= 11 is 0. The molecule has 1 aromatic carbocycles. The van der Waals surface area contributed by atoms with Crippen LogP contribution in [0.25, 0.3) is 0 Å². The zero-order valence-electron chi connectivity index (χ0n) is 10.1. The molecule has 2 nitrogen and oxygen atoms in total. The highest BCUT2D eigenvalue weighted by atomic mass is 19.1. The van der Waals surface area contributed by atoms with Gasteiger partial charge in [0.05, 0.1) is 0 Å². The van der Waals surface area contributed by atoms with Crippen molar-refractivity contribution in [1.82, 2.24) is 0 Å². The summed E-state index contributed by atoms with van der Waals surface area (Å²) in [5.41, 5.74) is 7.32. The average Bonchev–Trinajstić information content (AvgIpc) is 2.29. The Morgan fingerprint density at radius 1 is 1.35 bits per heavy atom. The standard InChI is InChI=1S/C14H18FNO/c1-9-8-10(15)6-7-11(9)14(17)12-4-2-3-5-13(12)16/h6-8,12-13H,2-5,16H2,1H3. The number of hydrogen-bond donors (Lipinski definition) is 1. The Kier molecular flexibility index (Phi) is 3.57. The predicted octanol–water partition coefficient (Wildman–Crippen LogP) is 2.83. The fraction of sp³-hybridized carbons (Fsp3) is 0.500. The van der Waals surface area contributed by atoms with E-state index in [1.54, 1.807) is 13.0 Å². The summed E-state index contributed by atoms with van der Waals surface area (Å²) in [4.78, 5) is 12.3. The normalized spacial score (nSPS) is 24.6. The maximum absolute atomic E-state index is 13.0. The molecule has 1 aliphatic rings. The van der Waals surface area contributed by atoms with Crippen LogP contribution in [0.2, 0.25) is 0 Å². The van der Waals surface area contributed by atoms with Gasteiger partial charge >= 0.3 is 0 Å². The highest BCUT2D eigenvalue weighted by Gasteiger charge is 2.29. The first kappa shape index (κ1) is 12.2. The van der Waals surface area contributed by atoms with Crippen molar-refractivity contribution < 1.29 is 9.18 Å². The fourth-order valence-corrected chi connectivity index (χ4v) is 2.59. The van der Waals surface area contributed by atoms with Crippen molar-refractivity contribution in [3.63, 3.8) is 0 Å². The van der Waals surface area contributed by atoms with Gasteiger partial charge in [-0.3, -0.25) is 4.79 Å². The van der Waals surface area contributed by atoms with Gasteiger partial charge in [0.25, 0.3) is 0 Å². The molecule has 0 saturated heterocycles. The van der Waals surface area contributed by atoms with Gasteiger partial charge in [-0.15, -0.1) is 0 Å². The van der Waals surface area contributed by atoms with Gasteiger partial charge in [-0.05, 0) is 43.5 Å². The number of carbonyl (C=O) groups excluding carboxylic acids is 1. The number of aryl methyl sites for hydroxylation is 1. The SMILES string of the molecule is Cc1cc(F)ccc1C(=O)C1CCCCC1N. The van der Waals surface area contributed by atoms with Crippen LogP contribution < -0.4 is 5.73 Å². The Hall–Kier alpha value is -1.22. The molecule has 0 radical (unpaired) electrons. The van der Waals surface area contributed by atoms with E-state index in [2.05, 4.69) is 0 Å². The minimum atomic E-state index is -0.299. The number of nitrogens with two attached hydrogens (primary N) is 1. The van der Waals surface area contributed by atoms with E-state index in [9.17, 15) is 9.18 Å². The second-order valence-electron chi connectivity index (χ2n) is 4.88. The fourth-order valence-electron chi connectivity index (χ4n) is 2.59. The molecule has 1 saturated carbocycles. The molecular weight excluding hydrogens is 217 g/mol. The lowest BCUT2D eigenvalue weighted by molar-refractivity contribution is 0.0870. The summed E-state index contributed by atoms with van der Waals surface area (Å²) < 4.78 is 13.0. The molecule has 0 heterocycles. The number of carbonyl (C=O) groups is 1. The Bertz CT molecular complexity index is 430. The first-order chi connectivity index (χ1) is 8.09. The van der Waals surface area contributed by atoms with Gasteiger partial charge in [-0.2, -0.15) is 0 Å². The van der Waals surface area contributed by atoms with Crippen molar-refractivity contribution in [2.24, 2.45) is 11.7 Å². The molecule has 1 aromatic rings. The summed E-state index contributed by atoms with van der Waals surface area (Å²) in [6.07, 6.45) is 3.94. The lowest BCUT2D eigenvalue weighted by Gasteiger charge is -2.27. The number of benzene rings is 1. The molecule has 17 heavy (non-hydrogen) atoms. The Balaban J connectivity index is 2.24. The van der Waals surface area contributed by atoms with Gasteiger partial charge in [-0.25, -0.2) is 4.39 Å². The minimum Gasteiger partial charge on any atom is -0.327 e. The van der Waals surface area contributed by atoms with Gasteiger partial charge in [0.15, 0.2) is 5.78 Å². The third kappa shape index (κ3) is 2.55. The summed E-state index contributed by atoms with van der Waals surface area (Å²) in [6, 6.07) is 4.28. The van der Waals surface area contributed by atoms with Crippen molar-refractivity contribution in [2.45, 2.75) is 38.6 Å². The monoisotopic (exact) mass is 235 g/mol. The molecule has 2 rings (SSSR count). The first-order valence-electron chi connectivity index (χ1n) is 6.15. The molecular formula is C14H18FNO. The molecule has 0 spiro atoms. The van der Waals surface area contributed by atoms with Crippen LogP contribution >= 0.6 is 0 Å². The summed E-state index contributed by atoms with van der Waals surface area (Å²) in [5.74, 6) is -0.311. The van der Waals surface area contributed by atoms with Crippen molar-refractivity contribution in [2.75, 3.05) is 0 Å². The quantitative estimate of drug-likeness (QED) is 0.801. The highest BCUT2D eigenvalue weighted by molar-refractivity contribution is 5.99. The van der Waals surface area contributed by atoms with Gasteiger partial charge < -0.3 is 5.73 Å². The molecule has 2 atom stereocenters. The molecule has 0 aromatic heterocycles. The van der Waals surface area contributed by atoms with Crippen LogP contribution in [-0.2, 0) is 0 Å². The number of hydrogen-bond acceptors (Lipinski definition) is 2. The van der Waals surface area contributed by atoms with E-state index in [0.29, 0.717) is 11.1 Å². The molecule has 2 unspecified atom stereocenters. The van der Waals surface area contributed by atoms with E-state index in [0.717, 1.165) is 25.7 Å². The first-order valence-corrected chi connectivity index (χ1v) is 6.15. The van der Waals surface area contributed by atoms with Gasteiger partial charge in [0, 0.05) is 17.5 Å². The van der Waals surface area contributed by atoms with E-state index in [1.807, 2.05) is 0 Å². The molecule has 3 heteroatoms. The van der Waals surface area contributed by atoms with Gasteiger partial charge in [-0.1, -0.05) is 12.8 Å². The number of ketones is 1. The van der Waals surface area contributed by atoms with Crippen LogP contribution in [0.5, 0.6) is 0 Å². The van der Waals surface area contributed by atoms with E-state index >= 15 is 0 Å². The Morgan fingerprint density at radius 3 is 2.71 bits per heavy atom. The highest BCUT2D eigenvalue weighted by Crippen LogP contribution is 2.27. The minimum absolute atomic E-state index is 0.0410. The van der Waals surface area contributed by atoms with Crippen LogP contribution in [0.15, 0.2) is 18.2 Å². The summed E-state index contributed by atoms with van der Waals surface area (Å²) in [6.45, 7) is 1.77. The van der Waals surface area contributed by atoms with Crippen LogP contribution in [0, 0.1) is 18.7 Å². The van der Waals surface area contributed by atoms with E-state index < -0.39 is 0 Å². The predicted molar refractivity (Wildman–Crippen MR) is 65.4 cm³/mol. The molecule has 2 N–H and O–H groups in total. The number of Topliss-reactive ketones (excluding diaryl/α,β-unsaturated/α-hetero) is 1. The third-order valence-electron chi connectivity index (χ3n) is 3.61. The number of rotatable bonds is 2. The molecule has 0 bridgehead atoms. The zero-order chi connectivity index (χ0) is 12.4. The Labute approximate surface area is 101 Å². The van der Waals surface area contributed by atoms with Crippen molar-refractivity contribution >= 4 is 5.78 Å². The smallest absolute Gasteiger partial charge is 0.167 e. The largest absolute Gasteiger partial charge is 0.327 e. The lowest BCUT2D eigenvalue weighted by Crippen LogP contribution is -2.38. The number of halogens is 1. The molecule has 0 aliphatic heterocycles. The van der Waals surface area contributed by atoms with Crippen LogP contribution in [0.1, 0.15) is 41.6 Å². The average molecular weight is 235 g/mol. The van der Waals surface area contributed by atoms with Crippen LogP contribution in [0.4, 0.5) is 4.39 Å². The van der Waals surface area contributed by atoms with Crippen molar-refractivity contribution in [3.05, 3.63) is 35.1 Å². The van der Waals surface area contributed by atoms with Gasteiger partial charge in [0.1, 0.15) is 5.82 Å². The van der Waals surface area contributed by atoms with Gasteiger partial charge in [0.2, 0.25) is 0 Å². The van der Waals surface area contributed by atoms with E-state index in [1.165, 1.54) is 12.1 Å². The maximum Gasteiger partial charge on any atom is 0.167 e. The summed E-state index contributed by atoms with van der Waals surface area (Å²) in [5, 5.41) is 0. The zero-order valence-corrected chi connectivity index (χ0v) is 10.1.